The van der Waals surface area contributed by atoms with E-state index in [0.717, 1.165) is 6.54 Å². The van der Waals surface area contributed by atoms with Crippen molar-refractivity contribution >= 4 is 0 Å². The van der Waals surface area contributed by atoms with Crippen molar-refractivity contribution in [3.8, 4) is 0 Å². The van der Waals surface area contributed by atoms with E-state index in [4.69, 9.17) is 10.2 Å². The van der Waals surface area contributed by atoms with E-state index in [-0.39, 0.29) is 25.3 Å². The zero-order valence-electron chi connectivity index (χ0n) is 8.00. The highest BCUT2D eigenvalue weighted by molar-refractivity contribution is 5.17. The quantitative estimate of drug-likeness (QED) is 0.672. The number of hydrogen-bond acceptors (Lipinski definition) is 3. The summed E-state index contributed by atoms with van der Waals surface area (Å²) in [6, 6.07) is 10.4. The second-order valence-electron chi connectivity index (χ2n) is 3.66. The summed E-state index contributed by atoms with van der Waals surface area (Å²) < 4.78 is 0. The van der Waals surface area contributed by atoms with Crippen molar-refractivity contribution in [2.24, 2.45) is 0 Å². The Morgan fingerprint density at radius 3 is 2.07 bits per heavy atom. The minimum Gasteiger partial charge on any atom is -0.395 e. The first-order chi connectivity index (χ1) is 6.86. The van der Waals surface area contributed by atoms with Crippen LogP contribution in [0.15, 0.2) is 30.3 Å². The Bertz CT molecular complexity index is 279. The smallest absolute Gasteiger partial charge is 0.0603 e. The van der Waals surface area contributed by atoms with E-state index in [9.17, 15) is 0 Å². The third-order valence-electron chi connectivity index (χ3n) is 2.79. The minimum absolute atomic E-state index is 0.137. The van der Waals surface area contributed by atoms with Gasteiger partial charge in [-0.05, 0) is 5.56 Å². The average molecular weight is 193 g/mol. The van der Waals surface area contributed by atoms with Crippen LogP contribution in [-0.2, 0) is 6.54 Å². The fourth-order valence-corrected chi connectivity index (χ4v) is 1.87. The fourth-order valence-electron chi connectivity index (χ4n) is 1.87. The van der Waals surface area contributed by atoms with Crippen molar-refractivity contribution in [3.63, 3.8) is 0 Å². The Balaban J connectivity index is 1.94. The van der Waals surface area contributed by atoms with Crippen LogP contribution in [0.1, 0.15) is 5.56 Å². The maximum absolute atomic E-state index is 9.00. The van der Waals surface area contributed by atoms with Crippen LogP contribution < -0.4 is 0 Å². The van der Waals surface area contributed by atoms with Crippen LogP contribution >= 0.6 is 0 Å². The first-order valence-corrected chi connectivity index (χ1v) is 4.88. The Kier molecular flexibility index (Phi) is 2.82. The number of nitrogens with zero attached hydrogens (tertiary/aromatic N) is 1. The highest BCUT2D eigenvalue weighted by Gasteiger charge is 2.45. The van der Waals surface area contributed by atoms with Gasteiger partial charge in [0.1, 0.15) is 0 Å². The average Bonchev–Trinajstić information content (AvgIpc) is 2.91. The maximum Gasteiger partial charge on any atom is 0.0603 e. The summed E-state index contributed by atoms with van der Waals surface area (Å²) in [7, 11) is 0. The van der Waals surface area contributed by atoms with E-state index in [2.05, 4.69) is 17.0 Å². The summed E-state index contributed by atoms with van der Waals surface area (Å²) in [5.41, 5.74) is 1.22. The van der Waals surface area contributed by atoms with Crippen molar-refractivity contribution < 1.29 is 10.2 Å². The van der Waals surface area contributed by atoms with E-state index in [0.29, 0.717) is 0 Å². The van der Waals surface area contributed by atoms with E-state index >= 15 is 0 Å². The summed E-state index contributed by atoms with van der Waals surface area (Å²) in [5.74, 6) is 0. The number of aliphatic hydroxyl groups is 2. The van der Waals surface area contributed by atoms with Crippen LogP contribution in [0.4, 0.5) is 0 Å². The van der Waals surface area contributed by atoms with Gasteiger partial charge in [0.2, 0.25) is 0 Å². The third kappa shape index (κ3) is 1.80. The molecule has 1 aromatic rings. The van der Waals surface area contributed by atoms with Gasteiger partial charge in [0.15, 0.2) is 0 Å². The zero-order chi connectivity index (χ0) is 9.97. The van der Waals surface area contributed by atoms with Gasteiger partial charge in [-0.3, -0.25) is 4.90 Å². The molecule has 2 rings (SSSR count). The van der Waals surface area contributed by atoms with Gasteiger partial charge in [0, 0.05) is 6.54 Å². The molecule has 0 unspecified atom stereocenters. The summed E-state index contributed by atoms with van der Waals surface area (Å²) in [6.07, 6.45) is 0. The third-order valence-corrected chi connectivity index (χ3v) is 2.79. The minimum atomic E-state index is 0.137. The summed E-state index contributed by atoms with van der Waals surface area (Å²) in [6.45, 7) is 1.09. The molecule has 0 spiro atoms. The molecule has 2 N–H and O–H groups in total. The molecule has 2 atom stereocenters. The molecule has 1 fully saturated rings. The summed E-state index contributed by atoms with van der Waals surface area (Å²) >= 11 is 0. The normalized spacial score (nSPS) is 30.3. The van der Waals surface area contributed by atoms with Crippen LogP contribution in [0.3, 0.4) is 0 Å². The van der Waals surface area contributed by atoms with E-state index < -0.39 is 0 Å². The van der Waals surface area contributed by atoms with Gasteiger partial charge in [-0.2, -0.15) is 0 Å². The Morgan fingerprint density at radius 2 is 1.57 bits per heavy atom. The van der Waals surface area contributed by atoms with Gasteiger partial charge in [0.05, 0.1) is 25.3 Å². The standard InChI is InChI=1S/C11H15NO2/c13-7-10-11(8-14)12(10)6-9-4-2-1-3-5-9/h1-5,10-11,13-14H,6-8H2/t10-,11-/m1/s1. The molecule has 0 saturated carbocycles. The lowest BCUT2D eigenvalue weighted by Crippen LogP contribution is -2.05. The molecule has 1 saturated heterocycles. The molecule has 0 aromatic heterocycles. The largest absolute Gasteiger partial charge is 0.395 e. The van der Waals surface area contributed by atoms with Crippen LogP contribution in [0.5, 0.6) is 0 Å². The monoisotopic (exact) mass is 193 g/mol. The van der Waals surface area contributed by atoms with Gasteiger partial charge < -0.3 is 10.2 Å². The first-order valence-electron chi connectivity index (χ1n) is 4.88. The topological polar surface area (TPSA) is 43.5 Å². The van der Waals surface area contributed by atoms with Crippen LogP contribution in [0.25, 0.3) is 0 Å². The summed E-state index contributed by atoms with van der Waals surface area (Å²) in [5, 5.41) is 18.0. The molecule has 1 heterocycles. The Morgan fingerprint density at radius 1 is 1.00 bits per heavy atom. The van der Waals surface area contributed by atoms with Crippen molar-refractivity contribution in [2.75, 3.05) is 13.2 Å². The maximum atomic E-state index is 9.00. The molecular weight excluding hydrogens is 178 g/mol. The summed E-state index contributed by atoms with van der Waals surface area (Å²) in [4.78, 5) is 2.11. The molecule has 3 heteroatoms. The fraction of sp³-hybridized carbons (Fsp3) is 0.455. The van der Waals surface area contributed by atoms with Crippen molar-refractivity contribution in [1.82, 2.24) is 4.90 Å². The molecule has 0 amide bonds. The van der Waals surface area contributed by atoms with Crippen molar-refractivity contribution in [3.05, 3.63) is 35.9 Å². The van der Waals surface area contributed by atoms with Gasteiger partial charge in [-0.25, -0.2) is 0 Å². The zero-order valence-corrected chi connectivity index (χ0v) is 8.00. The lowest BCUT2D eigenvalue weighted by Gasteiger charge is -2.02. The van der Waals surface area contributed by atoms with Crippen molar-refractivity contribution in [2.45, 2.75) is 18.6 Å². The highest BCUT2D eigenvalue weighted by Crippen LogP contribution is 2.29. The molecule has 0 aliphatic carbocycles. The Labute approximate surface area is 83.6 Å². The molecule has 1 aliphatic heterocycles. The lowest BCUT2D eigenvalue weighted by atomic mass is 10.2. The van der Waals surface area contributed by atoms with Gasteiger partial charge in [0.25, 0.3) is 0 Å². The SMILES string of the molecule is OC[C@@H]1[C@@H](CO)N1Cc1ccccc1. The second-order valence-corrected chi connectivity index (χ2v) is 3.66. The predicted molar refractivity (Wildman–Crippen MR) is 53.7 cm³/mol. The number of hydrogen-bond donors (Lipinski definition) is 2. The van der Waals surface area contributed by atoms with E-state index in [1.165, 1.54) is 5.56 Å². The first kappa shape index (κ1) is 9.65. The van der Waals surface area contributed by atoms with Crippen LogP contribution in [0, 0.1) is 0 Å². The molecule has 76 valence electrons. The lowest BCUT2D eigenvalue weighted by molar-refractivity contribution is 0.269. The van der Waals surface area contributed by atoms with Crippen molar-refractivity contribution in [1.29, 1.82) is 0 Å². The molecular formula is C11H15NO2. The highest BCUT2D eigenvalue weighted by atomic mass is 16.3. The van der Waals surface area contributed by atoms with Gasteiger partial charge in [-0.1, -0.05) is 30.3 Å². The van der Waals surface area contributed by atoms with E-state index in [1.807, 2.05) is 18.2 Å². The molecule has 0 bridgehead atoms. The molecule has 0 radical (unpaired) electrons. The number of aliphatic hydroxyl groups excluding tert-OH is 2. The molecule has 3 nitrogen and oxygen atoms in total. The van der Waals surface area contributed by atoms with Crippen LogP contribution in [0.2, 0.25) is 0 Å². The molecule has 1 aliphatic rings. The number of benzene rings is 1. The van der Waals surface area contributed by atoms with Gasteiger partial charge in [-0.15, -0.1) is 0 Å². The second kappa shape index (κ2) is 4.09. The predicted octanol–water partition coefficient (Wildman–Crippen LogP) is 0.224. The van der Waals surface area contributed by atoms with Gasteiger partial charge >= 0.3 is 0 Å². The molecule has 14 heavy (non-hydrogen) atoms. The number of rotatable bonds is 4. The van der Waals surface area contributed by atoms with Crippen LogP contribution in [-0.4, -0.2) is 40.4 Å². The molecule has 1 aromatic carbocycles. The Hall–Kier alpha value is -0.900. The van der Waals surface area contributed by atoms with E-state index in [1.54, 1.807) is 0 Å².